The van der Waals surface area contributed by atoms with Crippen LogP contribution in [0.3, 0.4) is 0 Å². The summed E-state index contributed by atoms with van der Waals surface area (Å²) in [5.41, 5.74) is 2.64. The third-order valence-corrected chi connectivity index (χ3v) is 3.68. The van der Waals surface area contributed by atoms with Crippen molar-refractivity contribution in [1.82, 2.24) is 0 Å². The van der Waals surface area contributed by atoms with Gasteiger partial charge in [-0.15, -0.1) is 25.6 Å². The number of hydrogen-bond acceptors (Lipinski definition) is 3. The van der Waals surface area contributed by atoms with Crippen LogP contribution in [0, 0.1) is 0 Å². The lowest BCUT2D eigenvalue weighted by atomic mass is 10.00. The summed E-state index contributed by atoms with van der Waals surface area (Å²) in [4.78, 5) is 0.0207. The number of ether oxygens (including phenoxy) is 1. The predicted octanol–water partition coefficient (Wildman–Crippen LogP) is 5.67. The highest BCUT2D eigenvalue weighted by atomic mass is 35.5. The van der Waals surface area contributed by atoms with Crippen molar-refractivity contribution in [3.05, 3.63) is 59.7 Å². The van der Waals surface area contributed by atoms with Crippen LogP contribution in [0.2, 0.25) is 0 Å². The average molecular weight is 404 g/mol. The smallest absolute Gasteiger partial charge is 0.406 e. The first-order chi connectivity index (χ1) is 11.0. The molecule has 0 aromatic heterocycles. The lowest BCUT2D eigenvalue weighted by molar-refractivity contribution is -0.274. The molecule has 2 rings (SSSR count). The van der Waals surface area contributed by atoms with E-state index in [4.69, 9.17) is 5.73 Å². The number of rotatable bonds is 4. The lowest BCUT2D eigenvalue weighted by Gasteiger charge is -2.15. The van der Waals surface area contributed by atoms with Crippen molar-refractivity contribution in [2.75, 3.05) is 0 Å². The molecule has 2 aromatic carbocycles. The topological polar surface area (TPSA) is 35.2 Å². The number of benzene rings is 2. The molecule has 0 fully saturated rings. The van der Waals surface area contributed by atoms with Crippen LogP contribution in [0.5, 0.6) is 5.75 Å². The Morgan fingerprint density at radius 3 is 1.64 bits per heavy atom. The molecule has 0 spiro atoms. The van der Waals surface area contributed by atoms with Crippen molar-refractivity contribution in [3.8, 4) is 5.75 Å². The number of halogens is 7. The van der Waals surface area contributed by atoms with Gasteiger partial charge in [0, 0.05) is 4.90 Å². The molecule has 0 aliphatic rings. The molecule has 2 nitrogen and oxygen atoms in total. The van der Waals surface area contributed by atoms with Gasteiger partial charge in [0.25, 0.3) is 0 Å². The number of hydrogen-bond donors (Lipinski definition) is 1. The zero-order chi connectivity index (χ0) is 18.0. The fourth-order valence-electron chi connectivity index (χ4n) is 1.95. The molecule has 138 valence electrons. The molecule has 10 heteroatoms. The Morgan fingerprint density at radius 1 is 0.800 bits per heavy atom. The second-order valence-corrected chi connectivity index (χ2v) is 5.85. The predicted molar refractivity (Wildman–Crippen MR) is 84.8 cm³/mol. The maximum absolute atomic E-state index is 12.3. The Kier molecular flexibility index (Phi) is 7.04. The number of thioether (sulfide) groups is 1. The molecule has 0 amide bonds. The second kappa shape index (κ2) is 8.20. The maximum atomic E-state index is 12.3. The first-order valence-corrected chi connectivity index (χ1v) is 7.32. The summed E-state index contributed by atoms with van der Waals surface area (Å²) in [6.45, 7) is 0. The first-order valence-electron chi connectivity index (χ1n) is 6.50. The van der Waals surface area contributed by atoms with Crippen molar-refractivity contribution < 1.29 is 31.1 Å². The van der Waals surface area contributed by atoms with Crippen LogP contribution in [0.4, 0.5) is 26.3 Å². The average Bonchev–Trinajstić information content (AvgIpc) is 2.45. The van der Waals surface area contributed by atoms with Gasteiger partial charge in [-0.2, -0.15) is 13.2 Å². The van der Waals surface area contributed by atoms with E-state index in [-0.39, 0.29) is 34.8 Å². The highest BCUT2D eigenvalue weighted by molar-refractivity contribution is 8.00. The van der Waals surface area contributed by atoms with E-state index in [2.05, 4.69) is 4.74 Å². The summed E-state index contributed by atoms with van der Waals surface area (Å²) in [5.74, 6) is -0.379. The normalized spacial score (nSPS) is 13.1. The van der Waals surface area contributed by atoms with Crippen molar-refractivity contribution in [1.29, 1.82) is 0 Å². The molecule has 2 N–H and O–H groups in total. The highest BCUT2D eigenvalue weighted by Crippen LogP contribution is 2.37. The molecule has 0 unspecified atom stereocenters. The number of nitrogens with two attached hydrogens (primary N) is 1. The summed E-state index contributed by atoms with van der Waals surface area (Å²) in [5, 5.41) is 0. The Morgan fingerprint density at radius 2 is 1.24 bits per heavy atom. The molecule has 0 aliphatic carbocycles. The Balaban J connectivity index is 0.00000312. The molecule has 2 aromatic rings. The van der Waals surface area contributed by atoms with Crippen molar-refractivity contribution in [2.24, 2.45) is 5.73 Å². The second-order valence-electron chi connectivity index (χ2n) is 4.71. The summed E-state index contributed by atoms with van der Waals surface area (Å²) >= 11 is -0.240. The largest absolute Gasteiger partial charge is 0.573 e. The van der Waals surface area contributed by atoms with E-state index in [9.17, 15) is 26.3 Å². The van der Waals surface area contributed by atoms with Gasteiger partial charge in [-0.1, -0.05) is 24.3 Å². The molecular formula is C15H12ClF6NOS. The highest BCUT2D eigenvalue weighted by Gasteiger charge is 2.31. The van der Waals surface area contributed by atoms with Crippen LogP contribution in [-0.4, -0.2) is 11.9 Å². The quantitative estimate of drug-likeness (QED) is 0.528. The lowest BCUT2D eigenvalue weighted by Crippen LogP contribution is -2.17. The molecule has 0 bridgehead atoms. The van der Waals surface area contributed by atoms with Crippen LogP contribution >= 0.6 is 24.2 Å². The molecule has 0 saturated carbocycles. The third kappa shape index (κ3) is 7.05. The van der Waals surface area contributed by atoms with E-state index in [1.54, 1.807) is 0 Å². The molecular weight excluding hydrogens is 392 g/mol. The summed E-state index contributed by atoms with van der Waals surface area (Å²) in [6.07, 6.45) is -4.78. The minimum Gasteiger partial charge on any atom is -0.406 e. The standard InChI is InChI=1S/C15H11F6NOS.ClH/c16-14(17,18)23-11-5-1-9(2-6-11)13(22)10-3-7-12(8-4-10)24-15(19,20)21;/h1-8,13H,22H2;1H/t13-;/m1./s1. The van der Waals surface area contributed by atoms with E-state index >= 15 is 0 Å². The number of alkyl halides is 6. The third-order valence-electron chi connectivity index (χ3n) is 2.95. The molecule has 1 atom stereocenters. The molecule has 25 heavy (non-hydrogen) atoms. The van der Waals surface area contributed by atoms with Gasteiger partial charge in [-0.3, -0.25) is 0 Å². The molecule has 0 radical (unpaired) electrons. The van der Waals surface area contributed by atoms with Crippen molar-refractivity contribution in [2.45, 2.75) is 22.8 Å². The van der Waals surface area contributed by atoms with Gasteiger partial charge >= 0.3 is 11.9 Å². The van der Waals surface area contributed by atoms with Gasteiger partial charge in [0.2, 0.25) is 0 Å². The summed E-state index contributed by atoms with van der Waals surface area (Å²) in [7, 11) is 0. The van der Waals surface area contributed by atoms with E-state index in [0.29, 0.717) is 11.1 Å². The zero-order valence-electron chi connectivity index (χ0n) is 12.3. The Bertz CT molecular complexity index is 613. The van der Waals surface area contributed by atoms with Gasteiger partial charge in [0.15, 0.2) is 0 Å². The molecule has 0 aliphatic heterocycles. The zero-order valence-corrected chi connectivity index (χ0v) is 13.9. The fourth-order valence-corrected chi connectivity index (χ4v) is 2.49. The maximum Gasteiger partial charge on any atom is 0.573 e. The van der Waals surface area contributed by atoms with Gasteiger partial charge in [0.1, 0.15) is 5.75 Å². The van der Waals surface area contributed by atoms with Crippen LogP contribution < -0.4 is 10.5 Å². The minimum atomic E-state index is -4.78. The van der Waals surface area contributed by atoms with Crippen LogP contribution in [0.1, 0.15) is 17.2 Å². The Hall–Kier alpha value is -1.58. The SMILES string of the molecule is Cl.N[C@H](c1ccc(OC(F)(F)F)cc1)c1ccc(SC(F)(F)F)cc1. The summed E-state index contributed by atoms with van der Waals surface area (Å²) in [6, 6.07) is 9.75. The van der Waals surface area contributed by atoms with E-state index in [1.165, 1.54) is 36.4 Å². The van der Waals surface area contributed by atoms with Gasteiger partial charge < -0.3 is 10.5 Å². The van der Waals surface area contributed by atoms with Crippen LogP contribution in [0.15, 0.2) is 53.4 Å². The van der Waals surface area contributed by atoms with Gasteiger partial charge in [0.05, 0.1) is 6.04 Å². The monoisotopic (exact) mass is 403 g/mol. The fraction of sp³-hybridized carbons (Fsp3) is 0.200. The first kappa shape index (κ1) is 21.5. The van der Waals surface area contributed by atoms with E-state index in [1.807, 2.05) is 0 Å². The van der Waals surface area contributed by atoms with Crippen LogP contribution in [0.25, 0.3) is 0 Å². The minimum absolute atomic E-state index is 0. The van der Waals surface area contributed by atoms with Crippen LogP contribution in [-0.2, 0) is 0 Å². The van der Waals surface area contributed by atoms with Gasteiger partial charge in [-0.05, 0) is 47.2 Å². The van der Waals surface area contributed by atoms with Crippen molar-refractivity contribution in [3.63, 3.8) is 0 Å². The van der Waals surface area contributed by atoms with E-state index < -0.39 is 17.9 Å². The van der Waals surface area contributed by atoms with Gasteiger partial charge in [-0.25, -0.2) is 0 Å². The Labute approximate surface area is 149 Å². The molecule has 0 heterocycles. The molecule has 0 saturated heterocycles. The van der Waals surface area contributed by atoms with E-state index in [0.717, 1.165) is 12.1 Å². The summed E-state index contributed by atoms with van der Waals surface area (Å²) < 4.78 is 76.8. The van der Waals surface area contributed by atoms with Crippen molar-refractivity contribution >= 4 is 24.2 Å².